The standard InChI is InChI=1S/C19H16F2N2O2S/c1-11-3-5-16(6-4-11)25-10-17-22-12(2)18(26-17)19(24)23-15-8-13(20)7-14(21)9-15/h3-9H,10H2,1-2H3,(H,23,24). The molecule has 134 valence electrons. The first-order valence-electron chi connectivity index (χ1n) is 7.84. The average Bonchev–Trinajstić information content (AvgIpc) is 2.94. The molecule has 0 unspecified atom stereocenters. The minimum atomic E-state index is -0.756. The third kappa shape index (κ3) is 4.43. The van der Waals surface area contributed by atoms with E-state index >= 15 is 0 Å². The maximum Gasteiger partial charge on any atom is 0.267 e. The highest BCUT2D eigenvalue weighted by Gasteiger charge is 2.16. The number of thiazole rings is 1. The van der Waals surface area contributed by atoms with Crippen molar-refractivity contribution in [2.24, 2.45) is 0 Å². The average molecular weight is 374 g/mol. The van der Waals surface area contributed by atoms with Crippen molar-refractivity contribution in [1.29, 1.82) is 0 Å². The highest BCUT2D eigenvalue weighted by Crippen LogP contribution is 2.22. The number of amides is 1. The molecule has 0 aliphatic carbocycles. The number of rotatable bonds is 5. The van der Waals surface area contributed by atoms with Crippen LogP contribution in [0.2, 0.25) is 0 Å². The van der Waals surface area contributed by atoms with Crippen LogP contribution in [0.15, 0.2) is 42.5 Å². The Morgan fingerprint density at radius 2 is 1.77 bits per heavy atom. The summed E-state index contributed by atoms with van der Waals surface area (Å²) in [7, 11) is 0. The van der Waals surface area contributed by atoms with E-state index in [4.69, 9.17) is 4.74 Å². The fourth-order valence-corrected chi connectivity index (χ4v) is 3.19. The Hall–Kier alpha value is -2.80. The van der Waals surface area contributed by atoms with Crippen LogP contribution in [0.3, 0.4) is 0 Å². The highest BCUT2D eigenvalue weighted by molar-refractivity contribution is 7.13. The van der Waals surface area contributed by atoms with E-state index in [-0.39, 0.29) is 12.3 Å². The summed E-state index contributed by atoms with van der Waals surface area (Å²) in [5.74, 6) is -1.27. The van der Waals surface area contributed by atoms with E-state index in [9.17, 15) is 13.6 Å². The number of carbonyl (C=O) groups is 1. The molecule has 1 aromatic heterocycles. The SMILES string of the molecule is Cc1ccc(OCc2nc(C)c(C(=O)Nc3cc(F)cc(F)c3)s2)cc1. The fourth-order valence-electron chi connectivity index (χ4n) is 2.32. The number of aryl methyl sites for hydroxylation is 2. The molecule has 0 saturated carbocycles. The lowest BCUT2D eigenvalue weighted by Crippen LogP contribution is -2.11. The molecule has 1 heterocycles. The van der Waals surface area contributed by atoms with Gasteiger partial charge in [-0.05, 0) is 38.1 Å². The molecule has 3 rings (SSSR count). The van der Waals surface area contributed by atoms with Crippen molar-refractivity contribution in [3.63, 3.8) is 0 Å². The van der Waals surface area contributed by atoms with E-state index in [1.807, 2.05) is 31.2 Å². The van der Waals surface area contributed by atoms with Crippen LogP contribution < -0.4 is 10.1 Å². The molecule has 1 amide bonds. The van der Waals surface area contributed by atoms with Crippen molar-refractivity contribution in [3.8, 4) is 5.75 Å². The minimum absolute atomic E-state index is 0.0535. The number of carbonyl (C=O) groups excluding carboxylic acids is 1. The van der Waals surface area contributed by atoms with Gasteiger partial charge in [-0.2, -0.15) is 0 Å². The molecule has 7 heteroatoms. The first-order valence-corrected chi connectivity index (χ1v) is 8.65. The van der Waals surface area contributed by atoms with Crippen LogP contribution in [-0.2, 0) is 6.61 Å². The number of aromatic nitrogens is 1. The number of benzene rings is 2. The molecule has 4 nitrogen and oxygen atoms in total. The second-order valence-electron chi connectivity index (χ2n) is 5.74. The summed E-state index contributed by atoms with van der Waals surface area (Å²) in [6.45, 7) is 3.92. The second-order valence-corrected chi connectivity index (χ2v) is 6.82. The van der Waals surface area contributed by atoms with Crippen LogP contribution in [0.5, 0.6) is 5.75 Å². The molecule has 0 spiro atoms. The quantitative estimate of drug-likeness (QED) is 0.693. The highest BCUT2D eigenvalue weighted by atomic mass is 32.1. The van der Waals surface area contributed by atoms with Crippen molar-refractivity contribution < 1.29 is 18.3 Å². The topological polar surface area (TPSA) is 51.2 Å². The van der Waals surface area contributed by atoms with Crippen molar-refractivity contribution in [3.05, 3.63) is 75.2 Å². The van der Waals surface area contributed by atoms with Crippen LogP contribution in [0.1, 0.15) is 25.9 Å². The van der Waals surface area contributed by atoms with Crippen LogP contribution in [0, 0.1) is 25.5 Å². The van der Waals surface area contributed by atoms with Gasteiger partial charge >= 0.3 is 0 Å². The smallest absolute Gasteiger partial charge is 0.267 e. The summed E-state index contributed by atoms with van der Waals surface area (Å²) in [4.78, 5) is 17.1. The van der Waals surface area contributed by atoms with Crippen LogP contribution in [-0.4, -0.2) is 10.9 Å². The zero-order chi connectivity index (χ0) is 18.7. The van der Waals surface area contributed by atoms with E-state index in [1.54, 1.807) is 6.92 Å². The molecule has 0 fully saturated rings. The first-order chi connectivity index (χ1) is 12.4. The van der Waals surface area contributed by atoms with Crippen LogP contribution in [0.25, 0.3) is 0 Å². The number of nitrogens with one attached hydrogen (secondary N) is 1. The molecular weight excluding hydrogens is 358 g/mol. The van der Waals surface area contributed by atoms with Gasteiger partial charge in [-0.25, -0.2) is 13.8 Å². The maximum atomic E-state index is 13.2. The lowest BCUT2D eigenvalue weighted by molar-refractivity contribution is 0.103. The number of halogens is 2. The Morgan fingerprint density at radius 3 is 2.42 bits per heavy atom. The summed E-state index contributed by atoms with van der Waals surface area (Å²) in [5, 5.41) is 3.12. The van der Waals surface area contributed by atoms with Gasteiger partial charge in [0, 0.05) is 11.8 Å². The van der Waals surface area contributed by atoms with Crippen LogP contribution >= 0.6 is 11.3 Å². The zero-order valence-corrected chi connectivity index (χ0v) is 15.0. The largest absolute Gasteiger partial charge is 0.486 e. The molecule has 0 saturated heterocycles. The Kier molecular flexibility index (Phi) is 5.27. The molecular formula is C19H16F2N2O2S. The predicted octanol–water partition coefficient (Wildman–Crippen LogP) is 4.87. The summed E-state index contributed by atoms with van der Waals surface area (Å²) in [6, 6.07) is 10.5. The number of hydrogen-bond donors (Lipinski definition) is 1. The van der Waals surface area contributed by atoms with Gasteiger partial charge in [0.1, 0.15) is 33.9 Å². The van der Waals surface area contributed by atoms with Crippen molar-refractivity contribution in [1.82, 2.24) is 4.98 Å². The van der Waals surface area contributed by atoms with Crippen molar-refractivity contribution in [2.45, 2.75) is 20.5 Å². The van der Waals surface area contributed by atoms with Crippen molar-refractivity contribution >= 4 is 22.9 Å². The lowest BCUT2D eigenvalue weighted by atomic mass is 10.2. The summed E-state index contributed by atoms with van der Waals surface area (Å²) in [6.07, 6.45) is 0. The number of anilines is 1. The van der Waals surface area contributed by atoms with Gasteiger partial charge in [0.25, 0.3) is 5.91 Å². The lowest BCUT2D eigenvalue weighted by Gasteiger charge is -2.04. The van der Waals surface area contributed by atoms with E-state index in [2.05, 4.69) is 10.3 Å². The Morgan fingerprint density at radius 1 is 1.12 bits per heavy atom. The minimum Gasteiger partial charge on any atom is -0.486 e. The maximum absolute atomic E-state index is 13.2. The third-order valence-corrected chi connectivity index (χ3v) is 4.68. The molecule has 2 aromatic carbocycles. The Balaban J connectivity index is 1.68. The Bertz CT molecular complexity index is 919. The molecule has 26 heavy (non-hydrogen) atoms. The van der Waals surface area contributed by atoms with E-state index < -0.39 is 17.5 Å². The van der Waals surface area contributed by atoms with Crippen LogP contribution in [0.4, 0.5) is 14.5 Å². The molecule has 0 radical (unpaired) electrons. The molecule has 0 aliphatic rings. The normalized spacial score (nSPS) is 10.6. The summed E-state index contributed by atoms with van der Waals surface area (Å²) in [5.41, 5.74) is 1.72. The van der Waals surface area contributed by atoms with E-state index in [0.717, 1.165) is 23.8 Å². The number of hydrogen-bond acceptors (Lipinski definition) is 4. The molecule has 0 atom stereocenters. The van der Waals surface area contributed by atoms with E-state index in [1.165, 1.54) is 11.3 Å². The third-order valence-electron chi connectivity index (χ3n) is 3.55. The number of nitrogens with zero attached hydrogens (tertiary/aromatic N) is 1. The predicted molar refractivity (Wildman–Crippen MR) is 96.7 cm³/mol. The monoisotopic (exact) mass is 374 g/mol. The van der Waals surface area contributed by atoms with E-state index in [0.29, 0.717) is 21.3 Å². The second kappa shape index (κ2) is 7.61. The van der Waals surface area contributed by atoms with Gasteiger partial charge in [0.15, 0.2) is 0 Å². The van der Waals surface area contributed by atoms with Gasteiger partial charge in [-0.15, -0.1) is 11.3 Å². The van der Waals surface area contributed by atoms with Gasteiger partial charge in [-0.1, -0.05) is 17.7 Å². The van der Waals surface area contributed by atoms with Gasteiger partial charge in [-0.3, -0.25) is 4.79 Å². The van der Waals surface area contributed by atoms with Gasteiger partial charge in [0.2, 0.25) is 0 Å². The molecule has 1 N–H and O–H groups in total. The number of ether oxygens (including phenoxy) is 1. The van der Waals surface area contributed by atoms with Gasteiger partial charge in [0.05, 0.1) is 5.69 Å². The fraction of sp³-hybridized carbons (Fsp3) is 0.158. The summed E-state index contributed by atoms with van der Waals surface area (Å²) < 4.78 is 32.1. The molecule has 0 bridgehead atoms. The van der Waals surface area contributed by atoms with Crippen molar-refractivity contribution in [2.75, 3.05) is 5.32 Å². The Labute approximate surface area is 153 Å². The first kappa shape index (κ1) is 18.0. The zero-order valence-electron chi connectivity index (χ0n) is 14.2. The molecule has 0 aliphatic heterocycles. The molecule has 3 aromatic rings. The summed E-state index contributed by atoms with van der Waals surface area (Å²) >= 11 is 1.18. The van der Waals surface area contributed by atoms with Gasteiger partial charge < -0.3 is 10.1 Å².